The average Bonchev–Trinajstić information content (AvgIpc) is 2.13. The number of hydrogen-bond acceptors (Lipinski definition) is 3. The number of ether oxygens (including phenoxy) is 1. The summed E-state index contributed by atoms with van der Waals surface area (Å²) in [6.07, 6.45) is 6.50. The molecule has 0 radical (unpaired) electrons. The monoisotopic (exact) mass is 296 g/mol. The lowest BCUT2D eigenvalue weighted by Crippen LogP contribution is -2.39. The molecule has 0 saturated heterocycles. The second-order valence-corrected chi connectivity index (χ2v) is 6.45. The molecule has 3 nitrogen and oxygen atoms in total. The van der Waals surface area contributed by atoms with E-state index in [-0.39, 0.29) is 11.2 Å². The zero-order valence-electron chi connectivity index (χ0n) is 10.6. The molecule has 4 heteroatoms. The Hall–Kier alpha value is -0.740. The first-order valence-electron chi connectivity index (χ1n) is 5.67. The van der Waals surface area contributed by atoms with Crippen LogP contribution in [0.15, 0.2) is 22.9 Å². The normalized spacial score (nSPS) is 22.1. The highest BCUT2D eigenvalue weighted by molar-refractivity contribution is 9.10. The van der Waals surface area contributed by atoms with Gasteiger partial charge in [-0.1, -0.05) is 0 Å². The lowest BCUT2D eigenvalue weighted by molar-refractivity contribution is -0.100. The molecule has 1 aliphatic heterocycles. The van der Waals surface area contributed by atoms with Gasteiger partial charge in [-0.2, -0.15) is 0 Å². The standard InChI is InChI=1S/C13H17BrN2O/c1-12(2)5-9(6-13(3,4)17-12)11-15-7-10(14)8-16-11/h5,7-8H,6H2,1-4H3. The van der Waals surface area contributed by atoms with Crippen LogP contribution in [0.2, 0.25) is 0 Å². The SMILES string of the molecule is CC1(C)C=C(c2ncc(Br)cn2)CC(C)(C)O1. The van der Waals surface area contributed by atoms with Crippen molar-refractivity contribution in [1.29, 1.82) is 0 Å². The Labute approximate surface area is 110 Å². The third-order valence-electron chi connectivity index (χ3n) is 2.58. The summed E-state index contributed by atoms with van der Waals surface area (Å²) in [4.78, 5) is 8.70. The number of rotatable bonds is 1. The van der Waals surface area contributed by atoms with Gasteiger partial charge in [-0.05, 0) is 55.3 Å². The maximum Gasteiger partial charge on any atom is 0.154 e. The van der Waals surface area contributed by atoms with Gasteiger partial charge in [0, 0.05) is 18.8 Å². The van der Waals surface area contributed by atoms with Crippen molar-refractivity contribution >= 4 is 21.5 Å². The Balaban J connectivity index is 2.38. The zero-order valence-corrected chi connectivity index (χ0v) is 12.2. The first kappa shape index (κ1) is 12.7. The molecule has 17 heavy (non-hydrogen) atoms. The van der Waals surface area contributed by atoms with E-state index >= 15 is 0 Å². The van der Waals surface area contributed by atoms with Gasteiger partial charge in [0.25, 0.3) is 0 Å². The maximum absolute atomic E-state index is 6.00. The summed E-state index contributed by atoms with van der Waals surface area (Å²) < 4.78 is 6.89. The van der Waals surface area contributed by atoms with Crippen LogP contribution in [0, 0.1) is 0 Å². The molecule has 0 aliphatic carbocycles. The molecule has 0 unspecified atom stereocenters. The van der Waals surface area contributed by atoms with Crippen LogP contribution in [0.5, 0.6) is 0 Å². The predicted octanol–water partition coefficient (Wildman–Crippen LogP) is 3.60. The molecule has 92 valence electrons. The molecule has 0 N–H and O–H groups in total. The van der Waals surface area contributed by atoms with Gasteiger partial charge >= 0.3 is 0 Å². The molecule has 1 aromatic heterocycles. The Morgan fingerprint density at radius 3 is 2.29 bits per heavy atom. The van der Waals surface area contributed by atoms with E-state index in [1.54, 1.807) is 12.4 Å². The fourth-order valence-corrected chi connectivity index (χ4v) is 2.53. The Morgan fingerprint density at radius 2 is 1.76 bits per heavy atom. The van der Waals surface area contributed by atoms with Crippen LogP contribution < -0.4 is 0 Å². The molecule has 0 fully saturated rings. The van der Waals surface area contributed by atoms with Crippen molar-refractivity contribution in [2.24, 2.45) is 0 Å². The lowest BCUT2D eigenvalue weighted by atomic mass is 9.89. The third kappa shape index (κ3) is 3.13. The number of halogens is 1. The molecule has 0 amide bonds. The molecule has 0 aromatic carbocycles. The van der Waals surface area contributed by atoms with E-state index in [9.17, 15) is 0 Å². The van der Waals surface area contributed by atoms with Crippen LogP contribution >= 0.6 is 15.9 Å². The van der Waals surface area contributed by atoms with E-state index in [2.05, 4.69) is 59.7 Å². The third-order valence-corrected chi connectivity index (χ3v) is 2.99. The van der Waals surface area contributed by atoms with Gasteiger partial charge in [-0.25, -0.2) is 9.97 Å². The van der Waals surface area contributed by atoms with Crippen molar-refractivity contribution in [2.75, 3.05) is 0 Å². The summed E-state index contributed by atoms with van der Waals surface area (Å²) in [5.74, 6) is 0.789. The Bertz CT molecular complexity index is 449. The van der Waals surface area contributed by atoms with E-state index in [4.69, 9.17) is 4.74 Å². The van der Waals surface area contributed by atoms with Crippen molar-refractivity contribution in [3.05, 3.63) is 28.8 Å². The molecular weight excluding hydrogens is 280 g/mol. The molecule has 1 aliphatic rings. The van der Waals surface area contributed by atoms with Crippen LogP contribution in [0.4, 0.5) is 0 Å². The average molecular weight is 297 g/mol. The maximum atomic E-state index is 6.00. The number of nitrogens with zero attached hydrogens (tertiary/aromatic N) is 2. The van der Waals surface area contributed by atoms with Gasteiger partial charge in [0.05, 0.1) is 15.7 Å². The quantitative estimate of drug-likeness (QED) is 0.794. The van der Waals surface area contributed by atoms with Crippen LogP contribution in [-0.4, -0.2) is 21.2 Å². The van der Waals surface area contributed by atoms with Crippen LogP contribution in [0.3, 0.4) is 0 Å². The van der Waals surface area contributed by atoms with Gasteiger partial charge in [-0.15, -0.1) is 0 Å². The highest BCUT2D eigenvalue weighted by atomic mass is 79.9. The van der Waals surface area contributed by atoms with Gasteiger partial charge < -0.3 is 4.74 Å². The minimum atomic E-state index is -0.270. The van der Waals surface area contributed by atoms with Crippen molar-refractivity contribution in [3.8, 4) is 0 Å². The smallest absolute Gasteiger partial charge is 0.154 e. The summed E-state index contributed by atoms with van der Waals surface area (Å²) >= 11 is 3.35. The largest absolute Gasteiger partial charge is 0.365 e. The second-order valence-electron chi connectivity index (χ2n) is 5.54. The summed E-state index contributed by atoms with van der Waals surface area (Å²) in [6.45, 7) is 8.32. The molecule has 2 rings (SSSR count). The minimum Gasteiger partial charge on any atom is -0.365 e. The van der Waals surface area contributed by atoms with Crippen molar-refractivity contribution in [2.45, 2.75) is 45.3 Å². The molecule has 1 aromatic rings. The second kappa shape index (κ2) is 4.18. The van der Waals surface area contributed by atoms with Crippen LogP contribution in [0.1, 0.15) is 39.9 Å². The molecule has 0 bridgehead atoms. The molecule has 0 atom stereocenters. The first-order chi connectivity index (χ1) is 7.77. The van der Waals surface area contributed by atoms with Crippen LogP contribution in [-0.2, 0) is 4.74 Å². The van der Waals surface area contributed by atoms with Gasteiger partial charge in [0.2, 0.25) is 0 Å². The van der Waals surface area contributed by atoms with Gasteiger partial charge in [0.15, 0.2) is 5.82 Å². The van der Waals surface area contributed by atoms with Crippen LogP contribution in [0.25, 0.3) is 5.57 Å². The van der Waals surface area contributed by atoms with Gasteiger partial charge in [-0.3, -0.25) is 0 Å². The topological polar surface area (TPSA) is 35.0 Å². The lowest BCUT2D eigenvalue weighted by Gasteiger charge is -2.39. The van der Waals surface area contributed by atoms with E-state index < -0.39 is 0 Å². The van der Waals surface area contributed by atoms with E-state index in [1.165, 1.54) is 0 Å². The van der Waals surface area contributed by atoms with E-state index in [0.717, 1.165) is 22.3 Å². The summed E-state index contributed by atoms with van der Waals surface area (Å²) in [5, 5.41) is 0. The summed E-state index contributed by atoms with van der Waals surface area (Å²) in [6, 6.07) is 0. The van der Waals surface area contributed by atoms with Crippen molar-refractivity contribution in [1.82, 2.24) is 9.97 Å². The summed E-state index contributed by atoms with van der Waals surface area (Å²) in [5.41, 5.74) is 0.705. The minimum absolute atomic E-state index is 0.177. The fourth-order valence-electron chi connectivity index (χ4n) is 2.33. The number of hydrogen-bond donors (Lipinski definition) is 0. The molecular formula is C13H17BrN2O. The van der Waals surface area contributed by atoms with E-state index in [1.807, 2.05) is 0 Å². The van der Waals surface area contributed by atoms with Gasteiger partial charge in [0.1, 0.15) is 0 Å². The Kier molecular flexibility index (Phi) is 3.12. The first-order valence-corrected chi connectivity index (χ1v) is 6.47. The predicted molar refractivity (Wildman–Crippen MR) is 71.6 cm³/mol. The fraction of sp³-hybridized carbons (Fsp3) is 0.538. The molecule has 2 heterocycles. The highest BCUT2D eigenvalue weighted by Gasteiger charge is 2.34. The summed E-state index contributed by atoms with van der Waals surface area (Å²) in [7, 11) is 0. The molecule has 0 spiro atoms. The van der Waals surface area contributed by atoms with E-state index in [0.29, 0.717) is 0 Å². The number of aromatic nitrogens is 2. The zero-order chi connectivity index (χ0) is 12.7. The highest BCUT2D eigenvalue weighted by Crippen LogP contribution is 2.37. The molecule has 0 saturated carbocycles. The Morgan fingerprint density at radius 1 is 1.18 bits per heavy atom. The van der Waals surface area contributed by atoms with Crippen molar-refractivity contribution in [3.63, 3.8) is 0 Å². The van der Waals surface area contributed by atoms with Crippen molar-refractivity contribution < 1.29 is 4.74 Å².